The average Bonchev–Trinajstić information content (AvgIpc) is 2.16. The highest BCUT2D eigenvalue weighted by Gasteiger charge is 2.15. The van der Waals surface area contributed by atoms with E-state index in [1.54, 1.807) is 18.9 Å². The molecule has 1 amide bonds. The second kappa shape index (κ2) is 3.30. The molecule has 0 aromatic heterocycles. The van der Waals surface area contributed by atoms with Gasteiger partial charge in [0.1, 0.15) is 5.75 Å². The van der Waals surface area contributed by atoms with Crippen LogP contribution in [0.25, 0.3) is 0 Å². The quantitative estimate of drug-likeness (QED) is 0.741. The SMILES string of the molecule is COc1ccc2c(c1)NC(=O)CS2. The van der Waals surface area contributed by atoms with Gasteiger partial charge in [0.2, 0.25) is 5.91 Å². The van der Waals surface area contributed by atoms with Gasteiger partial charge < -0.3 is 10.1 Å². The Labute approximate surface area is 80.5 Å². The number of thioether (sulfide) groups is 1. The number of carbonyl (C=O) groups excluding carboxylic acids is 1. The number of nitrogens with one attached hydrogen (secondary N) is 1. The number of amides is 1. The predicted molar refractivity (Wildman–Crippen MR) is 52.3 cm³/mol. The van der Waals surface area contributed by atoms with Crippen molar-refractivity contribution in [2.45, 2.75) is 4.90 Å². The minimum Gasteiger partial charge on any atom is -0.497 e. The van der Waals surface area contributed by atoms with E-state index in [4.69, 9.17) is 4.74 Å². The molecule has 0 spiro atoms. The van der Waals surface area contributed by atoms with Gasteiger partial charge in [-0.3, -0.25) is 4.79 Å². The number of hydrogen-bond acceptors (Lipinski definition) is 3. The Morgan fingerprint density at radius 2 is 2.38 bits per heavy atom. The maximum Gasteiger partial charge on any atom is 0.234 e. The van der Waals surface area contributed by atoms with Crippen molar-refractivity contribution in [3.05, 3.63) is 18.2 Å². The molecule has 0 saturated heterocycles. The molecule has 0 saturated carbocycles. The number of fused-ring (bicyclic) bond motifs is 1. The molecule has 1 aromatic carbocycles. The number of ether oxygens (including phenoxy) is 1. The standard InChI is InChI=1S/C9H9NO2S/c1-12-6-2-3-8-7(4-6)10-9(11)5-13-8/h2-4H,5H2,1H3,(H,10,11). The van der Waals surface area contributed by atoms with Gasteiger partial charge in [-0.25, -0.2) is 0 Å². The van der Waals surface area contributed by atoms with Crippen LogP contribution < -0.4 is 10.1 Å². The summed E-state index contributed by atoms with van der Waals surface area (Å²) in [4.78, 5) is 12.2. The fraction of sp³-hybridized carbons (Fsp3) is 0.222. The summed E-state index contributed by atoms with van der Waals surface area (Å²) >= 11 is 1.55. The monoisotopic (exact) mass is 195 g/mol. The van der Waals surface area contributed by atoms with Crippen molar-refractivity contribution in [3.8, 4) is 5.75 Å². The fourth-order valence-corrected chi connectivity index (χ4v) is 1.98. The minimum absolute atomic E-state index is 0.0470. The van der Waals surface area contributed by atoms with Crippen molar-refractivity contribution in [2.75, 3.05) is 18.2 Å². The summed E-state index contributed by atoms with van der Waals surface area (Å²) in [6.07, 6.45) is 0. The van der Waals surface area contributed by atoms with Crippen LogP contribution in [0.15, 0.2) is 23.1 Å². The zero-order valence-corrected chi connectivity index (χ0v) is 7.98. The van der Waals surface area contributed by atoms with E-state index < -0.39 is 0 Å². The fourth-order valence-electron chi connectivity index (χ4n) is 1.19. The summed E-state index contributed by atoms with van der Waals surface area (Å²) in [5.41, 5.74) is 0.848. The van der Waals surface area contributed by atoms with Crippen LogP contribution in [0.1, 0.15) is 0 Å². The summed E-state index contributed by atoms with van der Waals surface area (Å²) < 4.78 is 5.05. The van der Waals surface area contributed by atoms with Gasteiger partial charge in [-0.15, -0.1) is 11.8 Å². The van der Waals surface area contributed by atoms with E-state index in [0.717, 1.165) is 16.3 Å². The van der Waals surface area contributed by atoms with E-state index in [0.29, 0.717) is 5.75 Å². The Morgan fingerprint density at radius 1 is 1.54 bits per heavy atom. The molecule has 0 fully saturated rings. The topological polar surface area (TPSA) is 38.3 Å². The van der Waals surface area contributed by atoms with Crippen molar-refractivity contribution in [1.82, 2.24) is 0 Å². The zero-order valence-electron chi connectivity index (χ0n) is 7.16. The first kappa shape index (κ1) is 8.44. The van der Waals surface area contributed by atoms with Crippen LogP contribution in [0.3, 0.4) is 0 Å². The maximum atomic E-state index is 11.1. The third-order valence-electron chi connectivity index (χ3n) is 1.82. The van der Waals surface area contributed by atoms with Crippen molar-refractivity contribution in [2.24, 2.45) is 0 Å². The molecular weight excluding hydrogens is 186 g/mol. The molecular formula is C9H9NO2S. The molecule has 13 heavy (non-hydrogen) atoms. The normalized spacial score (nSPS) is 14.7. The van der Waals surface area contributed by atoms with E-state index in [-0.39, 0.29) is 5.91 Å². The largest absolute Gasteiger partial charge is 0.497 e. The smallest absolute Gasteiger partial charge is 0.234 e. The number of hydrogen-bond donors (Lipinski definition) is 1. The van der Waals surface area contributed by atoms with Gasteiger partial charge >= 0.3 is 0 Å². The highest BCUT2D eigenvalue weighted by atomic mass is 32.2. The number of rotatable bonds is 1. The summed E-state index contributed by atoms with van der Waals surface area (Å²) in [5, 5.41) is 2.79. The van der Waals surface area contributed by atoms with Gasteiger partial charge in [0.25, 0.3) is 0 Å². The Balaban J connectivity index is 2.38. The molecule has 2 rings (SSSR count). The molecule has 0 aliphatic carbocycles. The molecule has 0 bridgehead atoms. The van der Waals surface area contributed by atoms with Crippen LogP contribution in [-0.4, -0.2) is 18.8 Å². The first-order chi connectivity index (χ1) is 6.29. The molecule has 1 N–H and O–H groups in total. The third-order valence-corrected chi connectivity index (χ3v) is 2.89. The van der Waals surface area contributed by atoms with E-state index in [1.807, 2.05) is 18.2 Å². The van der Waals surface area contributed by atoms with Gasteiger partial charge in [0.05, 0.1) is 18.6 Å². The van der Waals surface area contributed by atoms with Crippen LogP contribution >= 0.6 is 11.8 Å². The molecule has 0 atom stereocenters. The van der Waals surface area contributed by atoms with Gasteiger partial charge in [-0.2, -0.15) is 0 Å². The minimum atomic E-state index is 0.0470. The highest BCUT2D eigenvalue weighted by Crippen LogP contribution is 2.33. The maximum absolute atomic E-state index is 11.1. The molecule has 1 aliphatic rings. The second-order valence-corrected chi connectivity index (χ2v) is 3.72. The van der Waals surface area contributed by atoms with Crippen LogP contribution in [-0.2, 0) is 4.79 Å². The van der Waals surface area contributed by atoms with Gasteiger partial charge in [-0.1, -0.05) is 0 Å². The summed E-state index contributed by atoms with van der Waals surface area (Å²) in [7, 11) is 1.61. The molecule has 68 valence electrons. The lowest BCUT2D eigenvalue weighted by molar-refractivity contribution is -0.113. The Hall–Kier alpha value is -1.16. The van der Waals surface area contributed by atoms with Gasteiger partial charge in [0, 0.05) is 11.0 Å². The molecule has 1 aliphatic heterocycles. The Bertz CT molecular complexity index is 351. The summed E-state index contributed by atoms with van der Waals surface area (Å²) in [6.45, 7) is 0. The van der Waals surface area contributed by atoms with E-state index in [9.17, 15) is 4.79 Å². The van der Waals surface area contributed by atoms with E-state index in [2.05, 4.69) is 5.32 Å². The Kier molecular flexibility index (Phi) is 2.14. The summed E-state index contributed by atoms with van der Waals surface area (Å²) in [5.74, 6) is 1.31. The van der Waals surface area contributed by atoms with Crippen LogP contribution in [0.4, 0.5) is 5.69 Å². The first-order valence-corrected chi connectivity index (χ1v) is 4.89. The molecule has 0 radical (unpaired) electrons. The Morgan fingerprint density at radius 3 is 3.15 bits per heavy atom. The molecule has 1 heterocycles. The first-order valence-electron chi connectivity index (χ1n) is 3.90. The number of benzene rings is 1. The highest BCUT2D eigenvalue weighted by molar-refractivity contribution is 8.00. The lowest BCUT2D eigenvalue weighted by Crippen LogP contribution is -2.18. The molecule has 1 aromatic rings. The third kappa shape index (κ3) is 1.62. The van der Waals surface area contributed by atoms with Crippen molar-refractivity contribution in [1.29, 1.82) is 0 Å². The second-order valence-electron chi connectivity index (χ2n) is 2.70. The number of methoxy groups -OCH3 is 1. The van der Waals surface area contributed by atoms with Crippen molar-refractivity contribution >= 4 is 23.4 Å². The van der Waals surface area contributed by atoms with Gasteiger partial charge in [0.15, 0.2) is 0 Å². The van der Waals surface area contributed by atoms with Gasteiger partial charge in [-0.05, 0) is 12.1 Å². The summed E-state index contributed by atoms with van der Waals surface area (Å²) in [6, 6.07) is 5.68. The lowest BCUT2D eigenvalue weighted by atomic mass is 10.3. The van der Waals surface area contributed by atoms with Crippen LogP contribution in [0.5, 0.6) is 5.75 Å². The van der Waals surface area contributed by atoms with Crippen molar-refractivity contribution in [3.63, 3.8) is 0 Å². The molecule has 4 heteroatoms. The van der Waals surface area contributed by atoms with Crippen LogP contribution in [0.2, 0.25) is 0 Å². The number of anilines is 1. The lowest BCUT2D eigenvalue weighted by Gasteiger charge is -2.16. The van der Waals surface area contributed by atoms with Crippen LogP contribution in [0, 0.1) is 0 Å². The average molecular weight is 195 g/mol. The predicted octanol–water partition coefficient (Wildman–Crippen LogP) is 1.74. The zero-order chi connectivity index (χ0) is 9.26. The van der Waals surface area contributed by atoms with E-state index in [1.165, 1.54) is 0 Å². The van der Waals surface area contributed by atoms with Crippen molar-refractivity contribution < 1.29 is 9.53 Å². The van der Waals surface area contributed by atoms with E-state index >= 15 is 0 Å². The molecule has 0 unspecified atom stereocenters. The molecule has 3 nitrogen and oxygen atoms in total. The number of carbonyl (C=O) groups is 1.